The Hall–Kier alpha value is -2.39. The highest BCUT2D eigenvalue weighted by Gasteiger charge is 2.14. The smallest absolute Gasteiger partial charge is 0.274 e. The van der Waals surface area contributed by atoms with E-state index in [1.54, 1.807) is 25.1 Å². The quantitative estimate of drug-likeness (QED) is 0.666. The van der Waals surface area contributed by atoms with E-state index in [1.807, 2.05) is 12.1 Å². The molecule has 5 nitrogen and oxygen atoms in total. The third-order valence-electron chi connectivity index (χ3n) is 3.05. The molecule has 2 aromatic rings. The number of hydrogen-bond donors (Lipinski definition) is 1. The van der Waals surface area contributed by atoms with Crippen molar-refractivity contribution < 1.29 is 4.92 Å². The highest BCUT2D eigenvalue weighted by Crippen LogP contribution is 2.30. The van der Waals surface area contributed by atoms with E-state index >= 15 is 0 Å². The number of aryl methyl sites for hydroxylation is 1. The first-order valence-corrected chi connectivity index (χ1v) is 6.98. The number of hydrogen-bond acceptors (Lipinski definition) is 4. The van der Waals surface area contributed by atoms with Gasteiger partial charge in [0.05, 0.1) is 22.2 Å². The van der Waals surface area contributed by atoms with E-state index in [-0.39, 0.29) is 5.69 Å². The number of nitro groups is 1. The summed E-state index contributed by atoms with van der Waals surface area (Å²) in [4.78, 5) is 10.6. The van der Waals surface area contributed by atoms with E-state index in [2.05, 4.69) is 27.3 Å². The minimum atomic E-state index is -0.394. The molecule has 0 heterocycles. The molecule has 0 spiro atoms. The van der Waals surface area contributed by atoms with Crippen LogP contribution in [0.1, 0.15) is 16.7 Å². The Morgan fingerprint density at radius 3 is 2.57 bits per heavy atom. The van der Waals surface area contributed by atoms with E-state index in [9.17, 15) is 10.1 Å². The Bertz CT molecular complexity index is 721. The molecule has 106 valence electrons. The minimum Gasteiger partial charge on any atom is -0.380 e. The zero-order valence-electron chi connectivity index (χ0n) is 11.3. The average Bonchev–Trinajstić information content (AvgIpc) is 2.46. The van der Waals surface area contributed by atoms with Crippen LogP contribution < -0.4 is 5.32 Å². The molecule has 0 aromatic heterocycles. The zero-order valence-corrected chi connectivity index (χ0v) is 12.8. The van der Waals surface area contributed by atoms with Crippen molar-refractivity contribution in [2.24, 2.45) is 0 Å². The number of halogens is 1. The predicted molar refractivity (Wildman–Crippen MR) is 84.0 cm³/mol. The highest BCUT2D eigenvalue weighted by atomic mass is 79.9. The summed E-state index contributed by atoms with van der Waals surface area (Å²) >= 11 is 3.40. The van der Waals surface area contributed by atoms with E-state index in [0.717, 1.165) is 10.0 Å². The second kappa shape index (κ2) is 6.37. The van der Waals surface area contributed by atoms with E-state index in [4.69, 9.17) is 5.26 Å². The summed E-state index contributed by atoms with van der Waals surface area (Å²) in [5.41, 5.74) is 2.95. The third kappa shape index (κ3) is 3.58. The van der Waals surface area contributed by atoms with E-state index in [0.29, 0.717) is 23.4 Å². The molecule has 0 amide bonds. The van der Waals surface area contributed by atoms with E-state index < -0.39 is 4.92 Å². The van der Waals surface area contributed by atoms with Crippen LogP contribution >= 0.6 is 15.9 Å². The van der Waals surface area contributed by atoms with Crippen molar-refractivity contribution in [2.45, 2.75) is 13.5 Å². The fourth-order valence-corrected chi connectivity index (χ4v) is 2.49. The van der Waals surface area contributed by atoms with Crippen LogP contribution in [0.3, 0.4) is 0 Å². The van der Waals surface area contributed by atoms with Crippen LogP contribution in [-0.2, 0) is 6.54 Å². The molecule has 1 N–H and O–H groups in total. The number of nitriles is 1. The Balaban J connectivity index is 2.17. The number of rotatable bonds is 4. The zero-order chi connectivity index (χ0) is 15.4. The van der Waals surface area contributed by atoms with Crippen molar-refractivity contribution in [2.75, 3.05) is 5.32 Å². The first-order chi connectivity index (χ1) is 10.0. The van der Waals surface area contributed by atoms with Gasteiger partial charge in [-0.2, -0.15) is 5.26 Å². The molecule has 0 bridgehead atoms. The molecule has 0 aliphatic rings. The fourth-order valence-electron chi connectivity index (χ4n) is 1.89. The summed E-state index contributed by atoms with van der Waals surface area (Å²) in [6.45, 7) is 2.22. The van der Waals surface area contributed by atoms with Gasteiger partial charge >= 0.3 is 0 Å². The molecule has 2 rings (SSSR count). The SMILES string of the molecule is Cc1cc(Br)c(NCc2ccc(C#N)cc2)cc1[N+](=O)[O-]. The molecule has 21 heavy (non-hydrogen) atoms. The Labute approximate surface area is 130 Å². The molecule has 0 aliphatic heterocycles. The van der Waals surface area contributed by atoms with Gasteiger partial charge in [0.2, 0.25) is 0 Å². The van der Waals surface area contributed by atoms with Gasteiger partial charge in [-0.3, -0.25) is 10.1 Å². The first-order valence-electron chi connectivity index (χ1n) is 6.18. The molecule has 0 saturated heterocycles. The van der Waals surface area contributed by atoms with Crippen LogP contribution in [0.15, 0.2) is 40.9 Å². The Kier molecular flexibility index (Phi) is 4.55. The van der Waals surface area contributed by atoms with Gasteiger partial charge in [-0.15, -0.1) is 0 Å². The number of nitrogens with one attached hydrogen (secondary N) is 1. The monoisotopic (exact) mass is 345 g/mol. The van der Waals surface area contributed by atoms with Crippen LogP contribution in [0.5, 0.6) is 0 Å². The predicted octanol–water partition coefficient (Wildman–Crippen LogP) is 4.15. The van der Waals surface area contributed by atoms with Gasteiger partial charge in [0.15, 0.2) is 0 Å². The Morgan fingerprint density at radius 1 is 1.33 bits per heavy atom. The normalized spacial score (nSPS) is 9.95. The molecule has 2 aromatic carbocycles. The molecule has 6 heteroatoms. The van der Waals surface area contributed by atoms with Crippen molar-refractivity contribution in [3.8, 4) is 6.07 Å². The van der Waals surface area contributed by atoms with Crippen LogP contribution in [0, 0.1) is 28.4 Å². The van der Waals surface area contributed by atoms with Crippen molar-refractivity contribution >= 4 is 27.3 Å². The summed E-state index contributed by atoms with van der Waals surface area (Å²) in [6.07, 6.45) is 0. The number of benzene rings is 2. The fraction of sp³-hybridized carbons (Fsp3) is 0.133. The van der Waals surface area contributed by atoms with Crippen LogP contribution in [0.2, 0.25) is 0 Å². The summed E-state index contributed by atoms with van der Waals surface area (Å²) in [5.74, 6) is 0. The van der Waals surface area contributed by atoms with Crippen LogP contribution in [0.4, 0.5) is 11.4 Å². The second-order valence-corrected chi connectivity index (χ2v) is 5.39. The molecule has 0 radical (unpaired) electrons. The summed E-state index contributed by atoms with van der Waals surface area (Å²) in [5, 5.41) is 22.9. The molecule has 0 unspecified atom stereocenters. The lowest BCUT2D eigenvalue weighted by atomic mass is 10.1. The van der Waals surface area contributed by atoms with Crippen molar-refractivity contribution in [3.05, 3.63) is 67.7 Å². The summed E-state index contributed by atoms with van der Waals surface area (Å²) in [7, 11) is 0. The van der Waals surface area contributed by atoms with Crippen molar-refractivity contribution in [3.63, 3.8) is 0 Å². The highest BCUT2D eigenvalue weighted by molar-refractivity contribution is 9.10. The lowest BCUT2D eigenvalue weighted by molar-refractivity contribution is -0.385. The number of anilines is 1. The lowest BCUT2D eigenvalue weighted by Crippen LogP contribution is -2.02. The minimum absolute atomic E-state index is 0.0838. The average molecular weight is 346 g/mol. The van der Waals surface area contributed by atoms with Gasteiger partial charge in [-0.25, -0.2) is 0 Å². The standard InChI is InChI=1S/C15H12BrN3O2/c1-10-6-13(16)14(7-15(10)19(20)21)18-9-12-4-2-11(8-17)3-5-12/h2-7,18H,9H2,1H3. The van der Waals surface area contributed by atoms with Gasteiger partial charge in [-0.1, -0.05) is 12.1 Å². The molecule has 0 fully saturated rings. The van der Waals surface area contributed by atoms with Crippen LogP contribution in [0.25, 0.3) is 0 Å². The maximum atomic E-state index is 11.0. The van der Waals surface area contributed by atoms with Gasteiger partial charge < -0.3 is 5.32 Å². The van der Waals surface area contributed by atoms with E-state index in [1.165, 1.54) is 6.07 Å². The van der Waals surface area contributed by atoms with Gasteiger partial charge in [0, 0.05) is 22.6 Å². The van der Waals surface area contributed by atoms with Gasteiger partial charge in [0.25, 0.3) is 5.69 Å². The van der Waals surface area contributed by atoms with Crippen molar-refractivity contribution in [1.82, 2.24) is 0 Å². The summed E-state index contributed by atoms with van der Waals surface area (Å²) in [6, 6.07) is 12.5. The van der Waals surface area contributed by atoms with Gasteiger partial charge in [0.1, 0.15) is 0 Å². The maximum Gasteiger partial charge on any atom is 0.274 e. The topological polar surface area (TPSA) is 79.0 Å². The molecule has 0 aliphatic carbocycles. The number of nitrogens with zero attached hydrogens (tertiary/aromatic N) is 2. The van der Waals surface area contributed by atoms with Crippen molar-refractivity contribution in [1.29, 1.82) is 5.26 Å². The van der Waals surface area contributed by atoms with Crippen LogP contribution in [-0.4, -0.2) is 4.92 Å². The summed E-state index contributed by atoms with van der Waals surface area (Å²) < 4.78 is 0.777. The first kappa shape index (κ1) is 15.0. The third-order valence-corrected chi connectivity index (χ3v) is 3.70. The second-order valence-electron chi connectivity index (χ2n) is 4.54. The largest absolute Gasteiger partial charge is 0.380 e. The number of nitro benzene ring substituents is 1. The molecular weight excluding hydrogens is 334 g/mol. The van der Waals surface area contributed by atoms with Gasteiger partial charge in [-0.05, 0) is 46.6 Å². The molecular formula is C15H12BrN3O2. The maximum absolute atomic E-state index is 11.0. The molecule has 0 atom stereocenters. The Morgan fingerprint density at radius 2 is 2.00 bits per heavy atom. The lowest BCUT2D eigenvalue weighted by Gasteiger charge is -2.10. The molecule has 0 saturated carbocycles.